The Balaban J connectivity index is 0.00000261. The number of hydrogen-bond donors (Lipinski definition) is 0. The zero-order valence-corrected chi connectivity index (χ0v) is 18.8. The van der Waals surface area contributed by atoms with Gasteiger partial charge in [0.2, 0.25) is 0 Å². The molecular weight excluding hydrogens is 428 g/mol. The third-order valence-corrected chi connectivity index (χ3v) is 5.76. The van der Waals surface area contributed by atoms with Crippen LogP contribution in [0.4, 0.5) is 5.69 Å². The molecule has 2 aromatic carbocycles. The maximum atomic E-state index is 5.45. The molecule has 0 aliphatic carbocycles. The molecule has 4 nitrogen and oxygen atoms in total. The van der Waals surface area contributed by atoms with Gasteiger partial charge in [0.25, 0.3) is 0 Å². The van der Waals surface area contributed by atoms with Crippen molar-refractivity contribution in [3.63, 3.8) is 0 Å². The fraction of sp³-hybridized carbons (Fsp3) is 0.429. The third kappa shape index (κ3) is 5.09. The second-order valence-corrected chi connectivity index (χ2v) is 7.71. The molecular formula is C21H28BrClN2O2. The number of methoxy groups -OCH3 is 2. The summed E-state index contributed by atoms with van der Waals surface area (Å²) in [5.74, 6) is 1.53. The topological polar surface area (TPSA) is 24.9 Å². The van der Waals surface area contributed by atoms with Gasteiger partial charge in [-0.3, -0.25) is 4.90 Å². The van der Waals surface area contributed by atoms with Crippen molar-refractivity contribution in [2.45, 2.75) is 20.4 Å². The van der Waals surface area contributed by atoms with Crippen LogP contribution in [0.1, 0.15) is 16.7 Å². The SMILES string of the molecule is COc1cc(Br)c(CN2CCN(c3cc(C)ccc3C)CC2)cc1OC.Cl. The summed E-state index contributed by atoms with van der Waals surface area (Å²) >= 11 is 3.67. The lowest BCUT2D eigenvalue weighted by Crippen LogP contribution is -2.46. The van der Waals surface area contributed by atoms with Crippen LogP contribution in [0.15, 0.2) is 34.8 Å². The summed E-state index contributed by atoms with van der Waals surface area (Å²) < 4.78 is 11.9. The Morgan fingerprint density at radius 1 is 0.926 bits per heavy atom. The number of piperazine rings is 1. The van der Waals surface area contributed by atoms with Crippen LogP contribution in [0.2, 0.25) is 0 Å². The van der Waals surface area contributed by atoms with Gasteiger partial charge in [0, 0.05) is 42.9 Å². The molecule has 148 valence electrons. The van der Waals surface area contributed by atoms with Crippen molar-refractivity contribution < 1.29 is 9.47 Å². The van der Waals surface area contributed by atoms with Crippen LogP contribution in [0.25, 0.3) is 0 Å². The predicted octanol–water partition coefficient (Wildman–Crippen LogP) is 4.83. The summed E-state index contributed by atoms with van der Waals surface area (Å²) in [5, 5.41) is 0. The average Bonchev–Trinajstić information content (AvgIpc) is 2.65. The van der Waals surface area contributed by atoms with E-state index in [9.17, 15) is 0 Å². The summed E-state index contributed by atoms with van der Waals surface area (Å²) in [7, 11) is 3.34. The normalized spacial score (nSPS) is 14.6. The molecule has 1 aliphatic rings. The molecule has 0 aromatic heterocycles. The second kappa shape index (κ2) is 9.67. The molecule has 0 saturated carbocycles. The molecule has 2 aromatic rings. The van der Waals surface area contributed by atoms with Gasteiger partial charge < -0.3 is 14.4 Å². The fourth-order valence-corrected chi connectivity index (χ4v) is 3.91. The van der Waals surface area contributed by atoms with E-state index in [0.717, 1.165) is 48.7 Å². The average molecular weight is 456 g/mol. The number of hydrogen-bond acceptors (Lipinski definition) is 4. The highest BCUT2D eigenvalue weighted by Crippen LogP contribution is 2.34. The molecule has 6 heteroatoms. The van der Waals surface area contributed by atoms with Gasteiger partial charge in [0.1, 0.15) is 0 Å². The predicted molar refractivity (Wildman–Crippen MR) is 118 cm³/mol. The van der Waals surface area contributed by atoms with E-state index in [4.69, 9.17) is 9.47 Å². The van der Waals surface area contributed by atoms with Crippen molar-refractivity contribution in [3.8, 4) is 11.5 Å². The van der Waals surface area contributed by atoms with Gasteiger partial charge in [-0.2, -0.15) is 0 Å². The first-order chi connectivity index (χ1) is 12.5. The lowest BCUT2D eigenvalue weighted by molar-refractivity contribution is 0.248. The Labute approximate surface area is 177 Å². The number of benzene rings is 2. The van der Waals surface area contributed by atoms with E-state index in [1.54, 1.807) is 14.2 Å². The van der Waals surface area contributed by atoms with Crippen LogP contribution in [0, 0.1) is 13.8 Å². The maximum Gasteiger partial charge on any atom is 0.161 e. The molecule has 1 fully saturated rings. The monoisotopic (exact) mass is 454 g/mol. The molecule has 0 unspecified atom stereocenters. The largest absolute Gasteiger partial charge is 0.493 e. The van der Waals surface area contributed by atoms with Crippen molar-refractivity contribution in [3.05, 3.63) is 51.5 Å². The molecule has 0 N–H and O–H groups in total. The Morgan fingerprint density at radius 3 is 2.19 bits per heavy atom. The van der Waals surface area contributed by atoms with Gasteiger partial charge in [-0.05, 0) is 48.7 Å². The lowest BCUT2D eigenvalue weighted by Gasteiger charge is -2.37. The van der Waals surface area contributed by atoms with E-state index in [-0.39, 0.29) is 12.4 Å². The number of anilines is 1. The maximum absolute atomic E-state index is 5.45. The zero-order valence-electron chi connectivity index (χ0n) is 16.4. The highest BCUT2D eigenvalue weighted by molar-refractivity contribution is 9.10. The molecule has 3 rings (SSSR count). The van der Waals surface area contributed by atoms with Crippen molar-refractivity contribution >= 4 is 34.0 Å². The number of halogens is 2. The second-order valence-electron chi connectivity index (χ2n) is 6.85. The van der Waals surface area contributed by atoms with Gasteiger partial charge in [-0.15, -0.1) is 12.4 Å². The van der Waals surface area contributed by atoms with E-state index in [2.05, 4.69) is 63.8 Å². The van der Waals surface area contributed by atoms with Crippen LogP contribution in [0.3, 0.4) is 0 Å². The third-order valence-electron chi connectivity index (χ3n) is 5.02. The number of rotatable bonds is 5. The van der Waals surface area contributed by atoms with Gasteiger partial charge in [-0.1, -0.05) is 28.1 Å². The van der Waals surface area contributed by atoms with Crippen molar-refractivity contribution in [1.29, 1.82) is 0 Å². The Kier molecular flexibility index (Phi) is 7.83. The molecule has 1 heterocycles. The fourth-order valence-electron chi connectivity index (χ4n) is 3.47. The van der Waals surface area contributed by atoms with E-state index < -0.39 is 0 Å². The van der Waals surface area contributed by atoms with Crippen molar-refractivity contribution in [1.82, 2.24) is 4.90 Å². The highest BCUT2D eigenvalue weighted by Gasteiger charge is 2.20. The minimum absolute atomic E-state index is 0. The Morgan fingerprint density at radius 2 is 1.56 bits per heavy atom. The zero-order chi connectivity index (χ0) is 18.7. The minimum atomic E-state index is 0. The number of nitrogens with zero attached hydrogens (tertiary/aromatic N) is 2. The van der Waals surface area contributed by atoms with Crippen LogP contribution in [-0.4, -0.2) is 45.3 Å². The van der Waals surface area contributed by atoms with E-state index >= 15 is 0 Å². The van der Waals surface area contributed by atoms with Crippen LogP contribution in [0.5, 0.6) is 11.5 Å². The molecule has 0 spiro atoms. The smallest absolute Gasteiger partial charge is 0.161 e. The summed E-state index contributed by atoms with van der Waals surface area (Å²) in [4.78, 5) is 5.00. The van der Waals surface area contributed by atoms with E-state index in [1.807, 2.05) is 6.07 Å². The Bertz CT molecular complexity index is 777. The molecule has 0 radical (unpaired) electrons. The first-order valence-corrected chi connectivity index (χ1v) is 9.76. The van der Waals surface area contributed by atoms with Crippen molar-refractivity contribution in [2.24, 2.45) is 0 Å². The minimum Gasteiger partial charge on any atom is -0.493 e. The number of ether oxygens (including phenoxy) is 2. The molecule has 1 saturated heterocycles. The highest BCUT2D eigenvalue weighted by atomic mass is 79.9. The van der Waals surface area contributed by atoms with Crippen LogP contribution >= 0.6 is 28.3 Å². The lowest BCUT2D eigenvalue weighted by atomic mass is 10.1. The molecule has 0 atom stereocenters. The van der Waals surface area contributed by atoms with Gasteiger partial charge in [-0.25, -0.2) is 0 Å². The standard InChI is InChI=1S/C21H27BrN2O2.ClH/c1-15-5-6-16(2)19(11-15)24-9-7-23(8-10-24)14-17-12-20(25-3)21(26-4)13-18(17)22;/h5-6,11-13H,7-10,14H2,1-4H3;1H. The molecule has 0 amide bonds. The van der Waals surface area contributed by atoms with Gasteiger partial charge in [0.05, 0.1) is 14.2 Å². The summed E-state index contributed by atoms with van der Waals surface area (Å²) in [5.41, 5.74) is 5.27. The molecule has 27 heavy (non-hydrogen) atoms. The summed E-state index contributed by atoms with van der Waals surface area (Å²) in [6, 6.07) is 10.8. The summed E-state index contributed by atoms with van der Waals surface area (Å²) in [6.07, 6.45) is 0. The molecule has 1 aliphatic heterocycles. The van der Waals surface area contributed by atoms with E-state index in [1.165, 1.54) is 22.4 Å². The Hall–Kier alpha value is -1.43. The summed E-state index contributed by atoms with van der Waals surface area (Å²) in [6.45, 7) is 9.46. The molecule has 0 bridgehead atoms. The number of aryl methyl sites for hydroxylation is 2. The van der Waals surface area contributed by atoms with E-state index in [0.29, 0.717) is 0 Å². The van der Waals surface area contributed by atoms with Crippen LogP contribution in [-0.2, 0) is 6.54 Å². The first kappa shape index (κ1) is 21.9. The van der Waals surface area contributed by atoms with Gasteiger partial charge >= 0.3 is 0 Å². The van der Waals surface area contributed by atoms with Gasteiger partial charge in [0.15, 0.2) is 11.5 Å². The first-order valence-electron chi connectivity index (χ1n) is 8.96. The quantitative estimate of drug-likeness (QED) is 0.645. The van der Waals surface area contributed by atoms with Crippen molar-refractivity contribution in [2.75, 3.05) is 45.3 Å². The van der Waals surface area contributed by atoms with Crippen LogP contribution < -0.4 is 14.4 Å².